The molecule has 1 unspecified atom stereocenters. The summed E-state index contributed by atoms with van der Waals surface area (Å²) < 4.78 is 17.6. The fourth-order valence-corrected chi connectivity index (χ4v) is 8.31. The first-order valence-corrected chi connectivity index (χ1v) is 15.6. The van der Waals surface area contributed by atoms with E-state index in [0.29, 0.717) is 36.7 Å². The van der Waals surface area contributed by atoms with Gasteiger partial charge in [0, 0.05) is 29.3 Å². The van der Waals surface area contributed by atoms with E-state index in [2.05, 4.69) is 27.4 Å². The number of fused-ring (bicyclic) bond motifs is 3. The van der Waals surface area contributed by atoms with Gasteiger partial charge in [0.1, 0.15) is 17.6 Å². The van der Waals surface area contributed by atoms with Gasteiger partial charge in [-0.3, -0.25) is 0 Å². The Morgan fingerprint density at radius 3 is 2.67 bits per heavy atom. The number of halogens is 1. The van der Waals surface area contributed by atoms with Crippen LogP contribution in [0.2, 0.25) is 5.02 Å². The number of rotatable bonds is 10. The molecule has 4 N–H and O–H groups in total. The van der Waals surface area contributed by atoms with Gasteiger partial charge >= 0.3 is 13.1 Å². The summed E-state index contributed by atoms with van der Waals surface area (Å²) in [6.45, 7) is 14.1. The minimum Gasteiger partial charge on any atom is -0.480 e. The zero-order valence-electron chi connectivity index (χ0n) is 25.7. The molecule has 2 saturated carbocycles. The van der Waals surface area contributed by atoms with Crippen molar-refractivity contribution >= 4 is 35.9 Å². The van der Waals surface area contributed by atoms with Crippen LogP contribution in [-0.4, -0.2) is 54.4 Å². The van der Waals surface area contributed by atoms with Crippen molar-refractivity contribution in [2.45, 2.75) is 97.9 Å². The van der Waals surface area contributed by atoms with Crippen molar-refractivity contribution in [3.05, 3.63) is 35.4 Å². The summed E-state index contributed by atoms with van der Waals surface area (Å²) in [5, 5.41) is 22.4. The molecule has 42 heavy (non-hydrogen) atoms. The molecule has 0 spiro atoms. The lowest BCUT2D eigenvalue weighted by Gasteiger charge is -2.60. The van der Waals surface area contributed by atoms with E-state index in [1.54, 1.807) is 19.1 Å². The van der Waals surface area contributed by atoms with Gasteiger partial charge in [-0.15, -0.1) is 6.58 Å². The number of aliphatic hydroxyl groups is 1. The van der Waals surface area contributed by atoms with Crippen molar-refractivity contribution in [2.75, 3.05) is 13.2 Å². The van der Waals surface area contributed by atoms with Crippen LogP contribution < -0.4 is 15.9 Å². The number of carbonyl (C=O) groups excluding carboxylic acids is 2. The standard InChI is InChI=1S/C32H47BClNO7/c1-7-31(8-2)15-25(30(6)18-32(13-11-19(30)3,14-12-20(4)36)21(5)29(31)38)41-26(37)17-40-23-10-9-22-24(16-35)42-33(39)27(22)28(23)34/h7,9-10,19,21,24-25,29,38-39H,1,8,11-18,35H2,2-6H3/t19-,21+,24?,25-,29+,30+,31+,32-/m1/s1. The first-order valence-electron chi connectivity index (χ1n) is 15.3. The lowest BCUT2D eigenvalue weighted by atomic mass is 9.46. The first kappa shape index (κ1) is 33.0. The third kappa shape index (κ3) is 5.80. The van der Waals surface area contributed by atoms with E-state index < -0.39 is 36.8 Å². The quantitative estimate of drug-likeness (QED) is 0.202. The largest absolute Gasteiger partial charge is 0.493 e. The van der Waals surface area contributed by atoms with E-state index in [1.165, 1.54) is 0 Å². The second-order valence-corrected chi connectivity index (χ2v) is 13.7. The fraction of sp³-hybridized carbons (Fsp3) is 0.688. The molecule has 0 aromatic heterocycles. The molecule has 8 atom stereocenters. The molecule has 8 nitrogen and oxygen atoms in total. The Balaban J connectivity index is 1.61. The molecule has 2 fully saturated rings. The minimum atomic E-state index is -1.22. The molecule has 0 saturated heterocycles. The summed E-state index contributed by atoms with van der Waals surface area (Å²) in [6, 6.07) is 3.37. The second-order valence-electron chi connectivity index (χ2n) is 13.3. The zero-order valence-corrected chi connectivity index (χ0v) is 26.4. The Kier molecular flexibility index (Phi) is 9.90. The average Bonchev–Trinajstić information content (AvgIpc) is 3.30. The summed E-state index contributed by atoms with van der Waals surface area (Å²) in [5.41, 5.74) is 5.53. The van der Waals surface area contributed by atoms with Crippen molar-refractivity contribution in [1.82, 2.24) is 0 Å². The lowest BCUT2D eigenvalue weighted by molar-refractivity contribution is -0.192. The number of hydrogen-bond donors (Lipinski definition) is 3. The molecule has 10 heteroatoms. The van der Waals surface area contributed by atoms with Gasteiger partial charge in [-0.25, -0.2) is 4.79 Å². The number of Topliss-reactive ketones (excluding diaryl/α,β-unsaturated/α-hetero) is 1. The van der Waals surface area contributed by atoms with Gasteiger partial charge in [-0.2, -0.15) is 0 Å². The topological polar surface area (TPSA) is 128 Å². The van der Waals surface area contributed by atoms with Gasteiger partial charge in [0.25, 0.3) is 0 Å². The maximum absolute atomic E-state index is 13.4. The molecule has 0 radical (unpaired) electrons. The summed E-state index contributed by atoms with van der Waals surface area (Å²) in [7, 11) is -1.22. The molecule has 1 aliphatic heterocycles. The highest BCUT2D eigenvalue weighted by Crippen LogP contribution is 2.62. The highest BCUT2D eigenvalue weighted by molar-refractivity contribution is 6.65. The van der Waals surface area contributed by atoms with E-state index in [4.69, 9.17) is 31.5 Å². The zero-order chi connectivity index (χ0) is 31.0. The second kappa shape index (κ2) is 12.6. The summed E-state index contributed by atoms with van der Waals surface area (Å²) in [5.74, 6) is 0.0399. The average molecular weight is 604 g/mol. The molecule has 232 valence electrons. The monoisotopic (exact) mass is 603 g/mol. The van der Waals surface area contributed by atoms with Crippen molar-refractivity contribution in [3.8, 4) is 5.75 Å². The van der Waals surface area contributed by atoms with Crippen LogP contribution in [0.3, 0.4) is 0 Å². The van der Waals surface area contributed by atoms with E-state index >= 15 is 0 Å². The molecule has 4 rings (SSSR count). The highest BCUT2D eigenvalue weighted by Gasteiger charge is 2.59. The molecule has 1 aromatic carbocycles. The van der Waals surface area contributed by atoms with Gasteiger partial charge in [-0.1, -0.05) is 51.4 Å². The van der Waals surface area contributed by atoms with Crippen LogP contribution in [0.4, 0.5) is 0 Å². The lowest BCUT2D eigenvalue weighted by Crippen LogP contribution is -2.58. The predicted molar refractivity (Wildman–Crippen MR) is 163 cm³/mol. The van der Waals surface area contributed by atoms with E-state index in [-0.39, 0.29) is 52.4 Å². The van der Waals surface area contributed by atoms with Crippen LogP contribution in [0.1, 0.15) is 91.2 Å². The fourth-order valence-electron chi connectivity index (χ4n) is 7.99. The molecule has 0 amide bonds. The van der Waals surface area contributed by atoms with E-state index in [0.717, 1.165) is 19.3 Å². The Hall–Kier alpha value is -1.91. The SMILES string of the molecule is C=C[C@]1(CC)C[C@@H](OC(=O)COc2ccc3c(c2Cl)B(O)OC3CN)[C@@]2(C)C[C@](CCC(C)=O)(CC[C@H]2C)[C@@H](C)[C@@H]1O. The van der Waals surface area contributed by atoms with Crippen LogP contribution in [0, 0.1) is 28.1 Å². The molecular weight excluding hydrogens is 557 g/mol. The van der Waals surface area contributed by atoms with E-state index in [9.17, 15) is 19.7 Å². The molecular formula is C32H47BClNO7. The van der Waals surface area contributed by atoms with Gasteiger partial charge in [0.15, 0.2) is 6.61 Å². The molecule has 3 aliphatic rings. The Bertz CT molecular complexity index is 1200. The number of ketones is 1. The van der Waals surface area contributed by atoms with Crippen molar-refractivity contribution in [3.63, 3.8) is 0 Å². The smallest absolute Gasteiger partial charge is 0.480 e. The predicted octanol–water partition coefficient (Wildman–Crippen LogP) is 4.51. The van der Waals surface area contributed by atoms with Crippen LogP contribution in [0.5, 0.6) is 5.75 Å². The number of esters is 1. The first-order chi connectivity index (χ1) is 19.8. The van der Waals surface area contributed by atoms with Gasteiger partial charge in [-0.05, 0) is 74.3 Å². The number of benzene rings is 1. The van der Waals surface area contributed by atoms with Crippen LogP contribution in [-0.2, 0) is 19.0 Å². The number of nitrogens with two attached hydrogens (primary N) is 1. The van der Waals surface area contributed by atoms with Crippen LogP contribution >= 0.6 is 11.6 Å². The molecule has 2 aliphatic carbocycles. The number of ether oxygens (including phenoxy) is 2. The van der Waals surface area contributed by atoms with Crippen molar-refractivity contribution in [2.24, 2.45) is 33.8 Å². The Morgan fingerprint density at radius 2 is 2.05 bits per heavy atom. The van der Waals surface area contributed by atoms with Gasteiger partial charge in [0.05, 0.1) is 17.2 Å². The third-order valence-corrected chi connectivity index (χ3v) is 11.6. The Labute approximate surface area is 255 Å². The Morgan fingerprint density at radius 1 is 1.33 bits per heavy atom. The summed E-state index contributed by atoms with van der Waals surface area (Å²) >= 11 is 6.55. The van der Waals surface area contributed by atoms with Gasteiger partial charge in [0.2, 0.25) is 0 Å². The summed E-state index contributed by atoms with van der Waals surface area (Å²) in [6.07, 6.45) is 4.99. The van der Waals surface area contributed by atoms with Crippen molar-refractivity contribution in [1.29, 1.82) is 0 Å². The molecule has 2 bridgehead atoms. The van der Waals surface area contributed by atoms with Gasteiger partial charge < -0.3 is 34.8 Å². The maximum atomic E-state index is 13.4. The number of hydrogen-bond acceptors (Lipinski definition) is 8. The normalized spacial score (nSPS) is 36.0. The van der Waals surface area contributed by atoms with Crippen molar-refractivity contribution < 1.29 is 33.8 Å². The number of aliphatic hydroxyl groups excluding tert-OH is 1. The van der Waals surface area contributed by atoms with Crippen LogP contribution in [0.15, 0.2) is 24.8 Å². The highest BCUT2D eigenvalue weighted by atomic mass is 35.5. The number of carbonyl (C=O) groups is 2. The molecule has 1 heterocycles. The van der Waals surface area contributed by atoms with Crippen LogP contribution in [0.25, 0.3) is 0 Å². The minimum absolute atomic E-state index is 0.0539. The third-order valence-electron chi connectivity index (χ3n) is 11.2. The maximum Gasteiger partial charge on any atom is 0.493 e. The van der Waals surface area contributed by atoms with E-state index in [1.807, 2.05) is 13.0 Å². The molecule has 1 aromatic rings. The summed E-state index contributed by atoms with van der Waals surface area (Å²) in [4.78, 5) is 25.5.